The molecule has 1 N–H and O–H groups in total. The molecular weight excluding hydrogens is 259 g/mol. The molecule has 0 amide bonds. The first-order chi connectivity index (χ1) is 8.55. The average molecular weight is 282 g/mol. The minimum Gasteiger partial charge on any atom is -0.395 e. The second-order valence-electron chi connectivity index (χ2n) is 4.54. The summed E-state index contributed by atoms with van der Waals surface area (Å²) in [6.07, 6.45) is 0.919. The summed E-state index contributed by atoms with van der Waals surface area (Å²) in [6.45, 7) is 3.65. The van der Waals surface area contributed by atoms with Gasteiger partial charge in [0.1, 0.15) is 0 Å². The summed E-state index contributed by atoms with van der Waals surface area (Å²) in [5.41, 5.74) is 0. The Kier molecular flexibility index (Phi) is 6.48. The number of alkyl halides is 1. The Balaban J connectivity index is 2.48. The van der Waals surface area contributed by atoms with Gasteiger partial charge in [0, 0.05) is 32.2 Å². The monoisotopic (exact) mass is 282 g/mol. The Labute approximate surface area is 109 Å². The van der Waals surface area contributed by atoms with Gasteiger partial charge in [0.05, 0.1) is 19.0 Å². The van der Waals surface area contributed by atoms with Gasteiger partial charge in [-0.1, -0.05) is 6.92 Å². The van der Waals surface area contributed by atoms with Crippen LogP contribution in [0.4, 0.5) is 4.39 Å². The van der Waals surface area contributed by atoms with Gasteiger partial charge in [-0.15, -0.1) is 0 Å². The fourth-order valence-electron chi connectivity index (χ4n) is 2.22. The van der Waals surface area contributed by atoms with Gasteiger partial charge in [0.25, 0.3) is 0 Å². The molecule has 1 saturated heterocycles. The van der Waals surface area contributed by atoms with Gasteiger partial charge >= 0.3 is 0 Å². The zero-order chi connectivity index (χ0) is 13.6. The first-order valence-corrected chi connectivity index (χ1v) is 8.04. The molecule has 7 heteroatoms. The third-order valence-electron chi connectivity index (χ3n) is 3.40. The van der Waals surface area contributed by atoms with Gasteiger partial charge in [-0.25, -0.2) is 8.42 Å². The molecule has 5 nitrogen and oxygen atoms in total. The predicted octanol–water partition coefficient (Wildman–Crippen LogP) is 0.0643. The zero-order valence-electron chi connectivity index (χ0n) is 10.9. The third-order valence-corrected chi connectivity index (χ3v) is 5.36. The van der Waals surface area contributed by atoms with Crippen LogP contribution in [-0.4, -0.2) is 74.0 Å². The number of aliphatic hydroxyl groups excluding tert-OH is 1. The van der Waals surface area contributed by atoms with Crippen LogP contribution in [0.25, 0.3) is 0 Å². The van der Waals surface area contributed by atoms with Crippen LogP contribution in [0, 0.1) is 0 Å². The van der Waals surface area contributed by atoms with E-state index in [1.165, 1.54) is 4.31 Å². The van der Waals surface area contributed by atoms with E-state index in [1.807, 2.05) is 6.92 Å². The molecule has 0 radical (unpaired) electrons. The molecule has 0 unspecified atom stereocenters. The average Bonchev–Trinajstić information content (AvgIpc) is 2.38. The summed E-state index contributed by atoms with van der Waals surface area (Å²) < 4.78 is 37.2. The number of hydrogen-bond acceptors (Lipinski definition) is 4. The lowest BCUT2D eigenvalue weighted by atomic mass is 10.2. The fourth-order valence-corrected chi connectivity index (χ4v) is 3.67. The van der Waals surface area contributed by atoms with Crippen molar-refractivity contribution in [3.8, 4) is 0 Å². The standard InChI is InChI=1S/C11H23FN2O3S/c1-2-11(10-15)13-5-7-14(8-6-13)18(16,17)9-3-4-12/h11,15H,2-10H2,1H3/t11-/m0/s1. The van der Waals surface area contributed by atoms with Gasteiger partial charge in [-0.05, 0) is 12.8 Å². The minimum absolute atomic E-state index is 0.0662. The molecule has 0 aromatic rings. The maximum atomic E-state index is 12.0. The summed E-state index contributed by atoms with van der Waals surface area (Å²) in [6, 6.07) is 0.112. The Bertz CT molecular complexity index is 325. The number of halogens is 1. The van der Waals surface area contributed by atoms with Crippen molar-refractivity contribution in [2.75, 3.05) is 45.2 Å². The van der Waals surface area contributed by atoms with Crippen LogP contribution in [0.5, 0.6) is 0 Å². The Morgan fingerprint density at radius 1 is 1.28 bits per heavy atom. The quantitative estimate of drug-likeness (QED) is 0.717. The van der Waals surface area contributed by atoms with E-state index in [1.54, 1.807) is 0 Å². The van der Waals surface area contributed by atoms with Crippen LogP contribution in [0.3, 0.4) is 0 Å². The normalized spacial score (nSPS) is 21.1. The van der Waals surface area contributed by atoms with E-state index in [-0.39, 0.29) is 24.8 Å². The smallest absolute Gasteiger partial charge is 0.214 e. The van der Waals surface area contributed by atoms with E-state index in [0.717, 1.165) is 6.42 Å². The highest BCUT2D eigenvalue weighted by Crippen LogP contribution is 2.12. The first-order valence-electron chi connectivity index (χ1n) is 6.43. The van der Waals surface area contributed by atoms with Crippen LogP contribution in [-0.2, 0) is 10.0 Å². The molecule has 108 valence electrons. The summed E-state index contributed by atoms with van der Waals surface area (Å²) in [7, 11) is -3.30. The lowest BCUT2D eigenvalue weighted by molar-refractivity contribution is 0.0881. The molecule has 0 aromatic heterocycles. The summed E-state index contributed by atoms with van der Waals surface area (Å²) >= 11 is 0. The number of nitrogens with zero attached hydrogens (tertiary/aromatic N) is 2. The van der Waals surface area contributed by atoms with E-state index in [2.05, 4.69) is 4.90 Å². The van der Waals surface area contributed by atoms with Gasteiger partial charge in [-0.2, -0.15) is 4.31 Å². The Morgan fingerprint density at radius 3 is 2.33 bits per heavy atom. The summed E-state index contributed by atoms with van der Waals surface area (Å²) in [4.78, 5) is 2.11. The maximum absolute atomic E-state index is 12.0. The lowest BCUT2D eigenvalue weighted by Gasteiger charge is -2.37. The lowest BCUT2D eigenvalue weighted by Crippen LogP contribution is -2.53. The SMILES string of the molecule is CC[C@@H](CO)N1CCN(S(=O)(=O)CCCF)CC1. The number of hydrogen-bond donors (Lipinski definition) is 1. The molecule has 1 aliphatic heterocycles. The Hall–Kier alpha value is -0.240. The second-order valence-corrected chi connectivity index (χ2v) is 6.63. The maximum Gasteiger partial charge on any atom is 0.214 e. The molecule has 0 saturated carbocycles. The predicted molar refractivity (Wildman–Crippen MR) is 68.7 cm³/mol. The second kappa shape index (κ2) is 7.37. The number of sulfonamides is 1. The molecule has 18 heavy (non-hydrogen) atoms. The van der Waals surface area contributed by atoms with Crippen molar-refractivity contribution in [3.05, 3.63) is 0 Å². The van der Waals surface area contributed by atoms with Gasteiger partial charge < -0.3 is 5.11 Å². The van der Waals surface area contributed by atoms with Crippen molar-refractivity contribution in [2.45, 2.75) is 25.8 Å². The van der Waals surface area contributed by atoms with E-state index >= 15 is 0 Å². The molecule has 0 spiro atoms. The molecule has 1 atom stereocenters. The molecule has 1 heterocycles. The number of rotatable bonds is 7. The van der Waals surface area contributed by atoms with E-state index in [0.29, 0.717) is 26.2 Å². The number of aliphatic hydroxyl groups is 1. The van der Waals surface area contributed by atoms with E-state index < -0.39 is 16.7 Å². The van der Waals surface area contributed by atoms with Crippen molar-refractivity contribution in [1.29, 1.82) is 0 Å². The largest absolute Gasteiger partial charge is 0.395 e. The highest BCUT2D eigenvalue weighted by Gasteiger charge is 2.28. The van der Waals surface area contributed by atoms with Crippen LogP contribution >= 0.6 is 0 Å². The van der Waals surface area contributed by atoms with Crippen molar-refractivity contribution in [1.82, 2.24) is 9.21 Å². The van der Waals surface area contributed by atoms with Gasteiger partial charge in [0.15, 0.2) is 0 Å². The summed E-state index contributed by atoms with van der Waals surface area (Å²) in [5.74, 6) is -0.110. The van der Waals surface area contributed by atoms with Crippen LogP contribution in [0.15, 0.2) is 0 Å². The van der Waals surface area contributed by atoms with Crippen molar-refractivity contribution in [3.63, 3.8) is 0 Å². The zero-order valence-corrected chi connectivity index (χ0v) is 11.7. The summed E-state index contributed by atoms with van der Waals surface area (Å²) in [5, 5.41) is 9.20. The first kappa shape index (κ1) is 15.8. The van der Waals surface area contributed by atoms with Gasteiger partial charge in [-0.3, -0.25) is 9.29 Å². The fraction of sp³-hybridized carbons (Fsp3) is 1.00. The molecule has 0 bridgehead atoms. The highest BCUT2D eigenvalue weighted by atomic mass is 32.2. The highest BCUT2D eigenvalue weighted by molar-refractivity contribution is 7.89. The van der Waals surface area contributed by atoms with Crippen LogP contribution in [0.1, 0.15) is 19.8 Å². The van der Waals surface area contributed by atoms with Crippen LogP contribution in [0.2, 0.25) is 0 Å². The molecule has 1 aliphatic rings. The van der Waals surface area contributed by atoms with Gasteiger partial charge in [0.2, 0.25) is 10.0 Å². The van der Waals surface area contributed by atoms with Crippen molar-refractivity contribution < 1.29 is 17.9 Å². The molecule has 1 fully saturated rings. The van der Waals surface area contributed by atoms with E-state index in [4.69, 9.17) is 0 Å². The minimum atomic E-state index is -3.30. The number of piperazine rings is 1. The Morgan fingerprint density at radius 2 is 1.89 bits per heavy atom. The molecular formula is C11H23FN2O3S. The molecule has 0 aromatic carbocycles. The molecule has 1 rings (SSSR count). The molecule has 0 aliphatic carbocycles. The van der Waals surface area contributed by atoms with Crippen molar-refractivity contribution >= 4 is 10.0 Å². The van der Waals surface area contributed by atoms with Crippen molar-refractivity contribution in [2.24, 2.45) is 0 Å². The van der Waals surface area contributed by atoms with E-state index in [9.17, 15) is 17.9 Å². The third kappa shape index (κ3) is 4.15. The van der Waals surface area contributed by atoms with Crippen LogP contribution < -0.4 is 0 Å². The topological polar surface area (TPSA) is 60.9 Å².